The first-order valence-electron chi connectivity index (χ1n) is 4.49. The van der Waals surface area contributed by atoms with Crippen LogP contribution >= 0.6 is 0 Å². The fraction of sp³-hybridized carbons (Fsp3) is 0.900. The van der Waals surface area contributed by atoms with Crippen LogP contribution in [0.2, 0.25) is 0 Å². The summed E-state index contributed by atoms with van der Waals surface area (Å²) in [6, 6.07) is 0. The van der Waals surface area contributed by atoms with Crippen molar-refractivity contribution < 1.29 is 4.79 Å². The van der Waals surface area contributed by atoms with E-state index in [9.17, 15) is 4.79 Å². The lowest BCUT2D eigenvalue weighted by molar-refractivity contribution is -0.145. The second-order valence-electron chi connectivity index (χ2n) is 4.95. The van der Waals surface area contributed by atoms with Crippen molar-refractivity contribution in [3.63, 3.8) is 0 Å². The normalized spacial score (nSPS) is 51.9. The summed E-state index contributed by atoms with van der Waals surface area (Å²) in [6.45, 7) is 6.89. The summed E-state index contributed by atoms with van der Waals surface area (Å²) in [7, 11) is 0. The Hall–Kier alpha value is -0.330. The zero-order chi connectivity index (χ0) is 8.28. The fourth-order valence-corrected chi connectivity index (χ4v) is 3.38. The number of hydrogen-bond acceptors (Lipinski definition) is 1. The molecule has 0 aliphatic heterocycles. The SMILES string of the molecule is CC1(C)C2CCC1(C)C2C=O. The van der Waals surface area contributed by atoms with Crippen molar-refractivity contribution in [3.8, 4) is 0 Å². The maximum absolute atomic E-state index is 10.7. The van der Waals surface area contributed by atoms with E-state index in [1.165, 1.54) is 19.1 Å². The average molecular weight is 152 g/mol. The molecule has 3 aliphatic carbocycles. The van der Waals surface area contributed by atoms with E-state index in [1.54, 1.807) is 0 Å². The molecule has 3 fully saturated rings. The third-order valence-corrected chi connectivity index (χ3v) is 4.69. The van der Waals surface area contributed by atoms with E-state index in [0.717, 1.165) is 0 Å². The summed E-state index contributed by atoms with van der Waals surface area (Å²) in [5.41, 5.74) is 0.762. The molecule has 3 aliphatic rings. The van der Waals surface area contributed by atoms with Crippen LogP contribution in [0.15, 0.2) is 0 Å². The van der Waals surface area contributed by atoms with Crippen molar-refractivity contribution in [2.45, 2.75) is 33.6 Å². The molecule has 0 aromatic heterocycles. The maximum Gasteiger partial charge on any atom is 0.123 e. The molecule has 0 aromatic carbocycles. The van der Waals surface area contributed by atoms with Crippen LogP contribution in [0.1, 0.15) is 33.6 Å². The lowest BCUT2D eigenvalue weighted by atomic mass is 9.46. The zero-order valence-electron chi connectivity index (χ0n) is 7.55. The molecule has 3 atom stereocenters. The molecule has 1 heteroatoms. The number of carbonyl (C=O) groups excluding carboxylic acids is 1. The summed E-state index contributed by atoms with van der Waals surface area (Å²) in [5.74, 6) is 1.06. The topological polar surface area (TPSA) is 17.1 Å². The van der Waals surface area contributed by atoms with Gasteiger partial charge in [0.05, 0.1) is 0 Å². The van der Waals surface area contributed by atoms with Crippen LogP contribution < -0.4 is 0 Å². The van der Waals surface area contributed by atoms with Gasteiger partial charge in [-0.15, -0.1) is 0 Å². The van der Waals surface area contributed by atoms with Gasteiger partial charge in [-0.1, -0.05) is 20.8 Å². The Morgan fingerprint density at radius 1 is 1.36 bits per heavy atom. The Bertz CT molecular complexity index is 207. The Balaban J connectivity index is 2.34. The van der Waals surface area contributed by atoms with Crippen LogP contribution in [0.5, 0.6) is 0 Å². The van der Waals surface area contributed by atoms with Gasteiger partial charge in [-0.05, 0) is 29.6 Å². The van der Waals surface area contributed by atoms with Crippen LogP contribution in [0.4, 0.5) is 0 Å². The Morgan fingerprint density at radius 2 is 2.00 bits per heavy atom. The molecule has 62 valence electrons. The largest absolute Gasteiger partial charge is 0.303 e. The molecular weight excluding hydrogens is 136 g/mol. The van der Waals surface area contributed by atoms with Crippen LogP contribution in [-0.2, 0) is 4.79 Å². The van der Waals surface area contributed by atoms with E-state index in [-0.39, 0.29) is 0 Å². The van der Waals surface area contributed by atoms with E-state index in [4.69, 9.17) is 0 Å². The monoisotopic (exact) mass is 152 g/mol. The minimum absolute atomic E-state index is 0.333. The van der Waals surface area contributed by atoms with Crippen molar-refractivity contribution >= 4 is 6.29 Å². The standard InChI is InChI=1S/C10H16O/c1-9(2)7-4-5-10(9,3)8(7)6-11/h6-8H,4-5H2,1-3H3. The minimum atomic E-state index is 0.333. The molecule has 1 nitrogen and oxygen atoms in total. The van der Waals surface area contributed by atoms with Crippen molar-refractivity contribution in [2.24, 2.45) is 22.7 Å². The van der Waals surface area contributed by atoms with Gasteiger partial charge >= 0.3 is 0 Å². The molecule has 0 saturated heterocycles. The highest BCUT2D eigenvalue weighted by atomic mass is 16.1. The van der Waals surface area contributed by atoms with Gasteiger partial charge in [0.25, 0.3) is 0 Å². The van der Waals surface area contributed by atoms with Crippen molar-refractivity contribution in [1.29, 1.82) is 0 Å². The molecule has 0 N–H and O–H groups in total. The smallest absolute Gasteiger partial charge is 0.123 e. The van der Waals surface area contributed by atoms with Crippen LogP contribution in [0, 0.1) is 22.7 Å². The van der Waals surface area contributed by atoms with Crippen molar-refractivity contribution in [3.05, 3.63) is 0 Å². The predicted octanol–water partition coefficient (Wildman–Crippen LogP) is 2.26. The predicted molar refractivity (Wildman–Crippen MR) is 44.2 cm³/mol. The third-order valence-electron chi connectivity index (χ3n) is 4.69. The highest BCUT2D eigenvalue weighted by Gasteiger charge is 2.68. The number of rotatable bonds is 1. The van der Waals surface area contributed by atoms with E-state index in [0.29, 0.717) is 22.7 Å². The van der Waals surface area contributed by atoms with Crippen LogP contribution in [0.3, 0.4) is 0 Å². The Labute approximate surface area is 68.2 Å². The molecule has 0 heterocycles. The first-order valence-corrected chi connectivity index (χ1v) is 4.49. The first kappa shape index (κ1) is 7.33. The second-order valence-corrected chi connectivity index (χ2v) is 4.95. The van der Waals surface area contributed by atoms with Gasteiger partial charge in [0, 0.05) is 5.92 Å². The summed E-state index contributed by atoms with van der Waals surface area (Å²) in [4.78, 5) is 10.7. The first-order chi connectivity index (χ1) is 5.04. The molecular formula is C10H16O. The molecule has 0 spiro atoms. The van der Waals surface area contributed by atoms with E-state index >= 15 is 0 Å². The number of hydrogen-bond donors (Lipinski definition) is 0. The van der Waals surface area contributed by atoms with Gasteiger partial charge in [-0.25, -0.2) is 0 Å². The number of aldehydes is 1. The number of fused-ring (bicyclic) bond motifs is 1. The number of carbonyl (C=O) groups is 1. The van der Waals surface area contributed by atoms with Crippen molar-refractivity contribution in [1.82, 2.24) is 0 Å². The maximum atomic E-state index is 10.7. The quantitative estimate of drug-likeness (QED) is 0.527. The molecule has 3 rings (SSSR count). The third kappa shape index (κ3) is 0.533. The lowest BCUT2D eigenvalue weighted by Crippen LogP contribution is -2.55. The van der Waals surface area contributed by atoms with Crippen molar-refractivity contribution in [2.75, 3.05) is 0 Å². The molecule has 3 saturated carbocycles. The molecule has 0 radical (unpaired) electrons. The molecule has 0 aromatic rings. The average Bonchev–Trinajstić information content (AvgIpc) is 2.38. The lowest BCUT2D eigenvalue weighted by Gasteiger charge is -2.57. The Kier molecular flexibility index (Phi) is 1.13. The van der Waals surface area contributed by atoms with Gasteiger partial charge in [0.1, 0.15) is 6.29 Å². The molecule has 2 bridgehead atoms. The van der Waals surface area contributed by atoms with E-state index in [1.807, 2.05) is 0 Å². The minimum Gasteiger partial charge on any atom is -0.303 e. The van der Waals surface area contributed by atoms with Gasteiger partial charge < -0.3 is 4.79 Å². The second kappa shape index (κ2) is 1.70. The summed E-state index contributed by atoms with van der Waals surface area (Å²) in [5, 5.41) is 0. The summed E-state index contributed by atoms with van der Waals surface area (Å²) >= 11 is 0. The van der Waals surface area contributed by atoms with E-state index in [2.05, 4.69) is 20.8 Å². The van der Waals surface area contributed by atoms with Crippen LogP contribution in [0.25, 0.3) is 0 Å². The van der Waals surface area contributed by atoms with Crippen LogP contribution in [-0.4, -0.2) is 6.29 Å². The van der Waals surface area contributed by atoms with Gasteiger partial charge in [-0.2, -0.15) is 0 Å². The summed E-state index contributed by atoms with van der Waals surface area (Å²) < 4.78 is 0. The highest BCUT2D eigenvalue weighted by molar-refractivity contribution is 5.60. The highest BCUT2D eigenvalue weighted by Crippen LogP contribution is 2.72. The zero-order valence-corrected chi connectivity index (χ0v) is 7.55. The van der Waals surface area contributed by atoms with Gasteiger partial charge in [-0.3, -0.25) is 0 Å². The fourth-order valence-electron chi connectivity index (χ4n) is 3.38. The van der Waals surface area contributed by atoms with Gasteiger partial charge in [0.2, 0.25) is 0 Å². The Morgan fingerprint density at radius 3 is 2.18 bits per heavy atom. The molecule has 3 unspecified atom stereocenters. The van der Waals surface area contributed by atoms with Gasteiger partial charge in [0.15, 0.2) is 0 Å². The summed E-state index contributed by atoms with van der Waals surface area (Å²) in [6.07, 6.45) is 3.71. The van der Waals surface area contributed by atoms with E-state index < -0.39 is 0 Å². The molecule has 11 heavy (non-hydrogen) atoms. The molecule has 0 amide bonds.